The first-order chi connectivity index (χ1) is 10.0. The number of thiazole rings is 1. The lowest BCUT2D eigenvalue weighted by atomic mass is 9.92. The third kappa shape index (κ3) is 3.53. The molecule has 0 aromatic carbocycles. The molecule has 0 saturated heterocycles. The molecule has 2 heterocycles. The Balaban J connectivity index is 1.69. The Hall–Kier alpha value is -1.63. The summed E-state index contributed by atoms with van der Waals surface area (Å²) < 4.78 is 26.3. The highest BCUT2D eigenvalue weighted by Crippen LogP contribution is 2.34. The van der Waals surface area contributed by atoms with Crippen molar-refractivity contribution >= 4 is 17.2 Å². The van der Waals surface area contributed by atoms with Crippen molar-refractivity contribution in [2.45, 2.75) is 44.6 Å². The Kier molecular flexibility index (Phi) is 3.84. The van der Waals surface area contributed by atoms with E-state index in [2.05, 4.69) is 26.5 Å². The molecular formula is C14H15F2N4S. The van der Waals surface area contributed by atoms with Crippen molar-refractivity contribution in [3.05, 3.63) is 23.3 Å². The third-order valence-electron chi connectivity index (χ3n) is 3.48. The summed E-state index contributed by atoms with van der Waals surface area (Å²) in [5, 5.41) is 5.87. The summed E-state index contributed by atoms with van der Waals surface area (Å²) in [7, 11) is 0. The summed E-state index contributed by atoms with van der Waals surface area (Å²) in [6, 6.07) is 1.66. The molecule has 4 nitrogen and oxygen atoms in total. The summed E-state index contributed by atoms with van der Waals surface area (Å²) >= 11 is 1.47. The molecular weight excluding hydrogens is 294 g/mol. The van der Waals surface area contributed by atoms with Crippen LogP contribution in [0.1, 0.15) is 31.4 Å². The number of anilines is 1. The van der Waals surface area contributed by atoms with Gasteiger partial charge in [0.05, 0.1) is 6.20 Å². The quantitative estimate of drug-likeness (QED) is 0.939. The zero-order valence-electron chi connectivity index (χ0n) is 11.6. The Labute approximate surface area is 125 Å². The van der Waals surface area contributed by atoms with Gasteiger partial charge in [-0.2, -0.15) is 0 Å². The second kappa shape index (κ2) is 5.63. The van der Waals surface area contributed by atoms with Crippen LogP contribution in [-0.4, -0.2) is 26.9 Å². The minimum absolute atomic E-state index is 0.0267. The SMILES string of the molecule is Cc1csc(-c2n[c]cc(NC3CCC(F)(F)CC3)n2)n1. The second-order valence-corrected chi connectivity index (χ2v) is 6.13. The molecule has 2 aromatic heterocycles. The predicted octanol–water partition coefficient (Wildman–Crippen LogP) is 3.70. The zero-order chi connectivity index (χ0) is 14.9. The molecule has 0 unspecified atom stereocenters. The van der Waals surface area contributed by atoms with Gasteiger partial charge in [0.1, 0.15) is 5.82 Å². The first-order valence-electron chi connectivity index (χ1n) is 6.84. The molecule has 7 heteroatoms. The normalized spacial score (nSPS) is 18.6. The maximum absolute atomic E-state index is 13.1. The summed E-state index contributed by atoms with van der Waals surface area (Å²) in [5.41, 5.74) is 0.923. The maximum Gasteiger partial charge on any atom is 0.248 e. The zero-order valence-corrected chi connectivity index (χ0v) is 12.4. The second-order valence-electron chi connectivity index (χ2n) is 5.27. The van der Waals surface area contributed by atoms with Crippen molar-refractivity contribution in [1.82, 2.24) is 15.0 Å². The van der Waals surface area contributed by atoms with Crippen molar-refractivity contribution in [2.75, 3.05) is 5.32 Å². The molecule has 1 fully saturated rings. The van der Waals surface area contributed by atoms with Crippen LogP contribution in [0.5, 0.6) is 0 Å². The van der Waals surface area contributed by atoms with Crippen LogP contribution in [-0.2, 0) is 0 Å². The van der Waals surface area contributed by atoms with E-state index in [9.17, 15) is 8.78 Å². The molecule has 0 amide bonds. The van der Waals surface area contributed by atoms with Crippen molar-refractivity contribution < 1.29 is 8.78 Å². The van der Waals surface area contributed by atoms with Crippen LogP contribution in [0.15, 0.2) is 11.4 Å². The van der Waals surface area contributed by atoms with Gasteiger partial charge in [0, 0.05) is 36.0 Å². The van der Waals surface area contributed by atoms with Gasteiger partial charge in [0.2, 0.25) is 5.92 Å². The van der Waals surface area contributed by atoms with Crippen molar-refractivity contribution in [3.8, 4) is 10.8 Å². The number of alkyl halides is 2. The lowest BCUT2D eigenvalue weighted by Gasteiger charge is -2.29. The van der Waals surface area contributed by atoms with E-state index >= 15 is 0 Å². The molecule has 1 aliphatic carbocycles. The molecule has 0 spiro atoms. The third-order valence-corrected chi connectivity index (χ3v) is 4.43. The van der Waals surface area contributed by atoms with Gasteiger partial charge in [0.15, 0.2) is 10.8 Å². The van der Waals surface area contributed by atoms with Gasteiger partial charge in [-0.1, -0.05) is 0 Å². The van der Waals surface area contributed by atoms with E-state index in [0.717, 1.165) is 10.7 Å². The van der Waals surface area contributed by atoms with E-state index in [1.165, 1.54) is 11.3 Å². The van der Waals surface area contributed by atoms with Crippen LogP contribution < -0.4 is 5.32 Å². The molecule has 3 rings (SSSR count). The maximum atomic E-state index is 13.1. The van der Waals surface area contributed by atoms with Gasteiger partial charge in [-0.15, -0.1) is 11.3 Å². The van der Waals surface area contributed by atoms with Gasteiger partial charge in [-0.05, 0) is 19.8 Å². The molecule has 2 aromatic rings. The Morgan fingerprint density at radius 2 is 2.10 bits per heavy atom. The van der Waals surface area contributed by atoms with Gasteiger partial charge >= 0.3 is 0 Å². The lowest BCUT2D eigenvalue weighted by molar-refractivity contribution is -0.0361. The fourth-order valence-corrected chi connectivity index (χ4v) is 3.07. The van der Waals surface area contributed by atoms with Crippen molar-refractivity contribution in [3.63, 3.8) is 0 Å². The van der Waals surface area contributed by atoms with Crippen molar-refractivity contribution in [1.29, 1.82) is 0 Å². The van der Waals surface area contributed by atoms with E-state index in [-0.39, 0.29) is 18.9 Å². The number of nitrogens with one attached hydrogen (secondary N) is 1. The Morgan fingerprint density at radius 1 is 1.33 bits per heavy atom. The number of nitrogens with zero attached hydrogens (tertiary/aromatic N) is 3. The predicted molar refractivity (Wildman–Crippen MR) is 77.5 cm³/mol. The summed E-state index contributed by atoms with van der Waals surface area (Å²) in [6.45, 7) is 1.91. The van der Waals surface area contributed by atoms with E-state index in [0.29, 0.717) is 24.5 Å². The molecule has 1 aliphatic rings. The molecule has 0 aliphatic heterocycles. The number of hydrogen-bond donors (Lipinski definition) is 1. The number of aromatic nitrogens is 3. The minimum atomic E-state index is -2.51. The molecule has 0 atom stereocenters. The van der Waals surface area contributed by atoms with Crippen LogP contribution in [0.2, 0.25) is 0 Å². The standard InChI is InChI=1S/C14H15F2N4S/c1-9-8-21-13(18-9)12-17-7-4-11(20-12)19-10-2-5-14(15,16)6-3-10/h4,8,10H,2-3,5-6H2,1H3,(H,17,19,20). The number of hydrogen-bond acceptors (Lipinski definition) is 5. The van der Waals surface area contributed by atoms with Gasteiger partial charge in [-0.3, -0.25) is 0 Å². The van der Waals surface area contributed by atoms with Crippen LogP contribution in [0, 0.1) is 13.1 Å². The lowest BCUT2D eigenvalue weighted by Crippen LogP contribution is -2.32. The van der Waals surface area contributed by atoms with E-state index in [1.54, 1.807) is 6.07 Å². The highest BCUT2D eigenvalue weighted by atomic mass is 32.1. The van der Waals surface area contributed by atoms with Crippen molar-refractivity contribution in [2.24, 2.45) is 0 Å². The summed E-state index contributed by atoms with van der Waals surface area (Å²) in [4.78, 5) is 12.8. The Morgan fingerprint density at radius 3 is 2.76 bits per heavy atom. The van der Waals surface area contributed by atoms with Gasteiger partial charge < -0.3 is 5.32 Å². The monoisotopic (exact) mass is 309 g/mol. The van der Waals surface area contributed by atoms with Gasteiger partial charge in [0.25, 0.3) is 0 Å². The molecule has 111 valence electrons. The van der Waals surface area contributed by atoms with Crippen LogP contribution in [0.25, 0.3) is 10.8 Å². The topological polar surface area (TPSA) is 50.7 Å². The Bertz CT molecular complexity index is 619. The van der Waals surface area contributed by atoms with Gasteiger partial charge in [-0.25, -0.2) is 23.7 Å². The number of halogens is 2. The average molecular weight is 309 g/mol. The van der Waals surface area contributed by atoms with Crippen LogP contribution in [0.3, 0.4) is 0 Å². The van der Waals surface area contributed by atoms with E-state index < -0.39 is 5.92 Å². The molecule has 0 bridgehead atoms. The number of rotatable bonds is 3. The van der Waals surface area contributed by atoms with E-state index in [4.69, 9.17) is 0 Å². The number of aryl methyl sites for hydroxylation is 1. The highest BCUT2D eigenvalue weighted by Gasteiger charge is 2.34. The minimum Gasteiger partial charge on any atom is -0.367 e. The largest absolute Gasteiger partial charge is 0.367 e. The summed E-state index contributed by atoms with van der Waals surface area (Å²) in [6.07, 6.45) is 3.54. The molecule has 1 saturated carbocycles. The fourth-order valence-electron chi connectivity index (χ4n) is 2.35. The highest BCUT2D eigenvalue weighted by molar-refractivity contribution is 7.13. The summed E-state index contributed by atoms with van der Waals surface area (Å²) in [5.74, 6) is -1.39. The first-order valence-corrected chi connectivity index (χ1v) is 7.72. The average Bonchev–Trinajstić information content (AvgIpc) is 2.88. The molecule has 21 heavy (non-hydrogen) atoms. The first kappa shape index (κ1) is 14.3. The van der Waals surface area contributed by atoms with E-state index in [1.807, 2.05) is 12.3 Å². The van der Waals surface area contributed by atoms with Crippen LogP contribution in [0.4, 0.5) is 14.6 Å². The fraction of sp³-hybridized carbons (Fsp3) is 0.500. The molecule has 1 N–H and O–H groups in total. The molecule has 1 radical (unpaired) electrons. The smallest absolute Gasteiger partial charge is 0.248 e. The van der Waals surface area contributed by atoms with Crippen LogP contribution >= 0.6 is 11.3 Å².